The number of para-hydroxylation sites is 4. The fourth-order valence-corrected chi connectivity index (χ4v) is 6.97. The van der Waals surface area contributed by atoms with Gasteiger partial charge in [0.15, 0.2) is 0 Å². The average molecular weight is 835 g/mol. The third-order valence-electron chi connectivity index (χ3n) is 9.52. The molecule has 5 nitrogen and oxygen atoms in total. The molecule has 1 aliphatic rings. The minimum absolute atomic E-state index is 0. The maximum Gasteiger partial charge on any atom is 2.00 e. The number of hydrogen-bond acceptors (Lipinski definition) is 4. The molecule has 0 amide bonds. The molecule has 0 radical (unpaired) electrons. The molecule has 0 spiro atoms. The Labute approximate surface area is 310 Å². The van der Waals surface area contributed by atoms with Crippen molar-refractivity contribution in [2.24, 2.45) is 0 Å². The van der Waals surface area contributed by atoms with Gasteiger partial charge in [-0.05, 0) is 79.6 Å². The van der Waals surface area contributed by atoms with Crippen LogP contribution in [0.2, 0.25) is 0 Å². The summed E-state index contributed by atoms with van der Waals surface area (Å²) >= 11 is 0. The van der Waals surface area contributed by atoms with Gasteiger partial charge in [-0.1, -0.05) is 91.9 Å². The summed E-state index contributed by atoms with van der Waals surface area (Å²) in [6.45, 7) is 14.3. The van der Waals surface area contributed by atoms with Crippen molar-refractivity contribution >= 4 is 55.9 Å². The predicted molar refractivity (Wildman–Crippen MR) is 205 cm³/mol. The van der Waals surface area contributed by atoms with Crippen molar-refractivity contribution in [3.8, 4) is 5.82 Å². The van der Waals surface area contributed by atoms with Crippen molar-refractivity contribution in [3.05, 3.63) is 145 Å². The molecule has 1 aliphatic heterocycles. The minimum atomic E-state index is -0.0252. The molecular formula is C44H41N5Pt. The second-order valence-electron chi connectivity index (χ2n) is 14.9. The van der Waals surface area contributed by atoms with Crippen LogP contribution >= 0.6 is 0 Å². The molecule has 5 aromatic carbocycles. The number of benzene rings is 5. The molecule has 0 bridgehead atoms. The zero-order valence-electron chi connectivity index (χ0n) is 29.4. The Morgan fingerprint density at radius 1 is 0.660 bits per heavy atom. The number of hydrogen-bond donors (Lipinski definition) is 0. The van der Waals surface area contributed by atoms with E-state index in [1.807, 2.05) is 6.20 Å². The fourth-order valence-electron chi connectivity index (χ4n) is 6.97. The van der Waals surface area contributed by atoms with Crippen LogP contribution in [0.25, 0.3) is 27.6 Å². The molecule has 0 saturated carbocycles. The molecule has 252 valence electrons. The Morgan fingerprint density at radius 2 is 1.36 bits per heavy atom. The topological polar surface area (TPSA) is 27.5 Å². The van der Waals surface area contributed by atoms with Crippen molar-refractivity contribution in [1.82, 2.24) is 9.55 Å². The van der Waals surface area contributed by atoms with E-state index in [-0.39, 0.29) is 32.0 Å². The Balaban J connectivity index is 0.00000392. The van der Waals surface area contributed by atoms with Crippen LogP contribution in [0.3, 0.4) is 0 Å². The Bertz CT molecular complexity index is 2310. The van der Waals surface area contributed by atoms with Gasteiger partial charge in [0, 0.05) is 22.9 Å². The standard InChI is InChI=1S/C44H41N5.Pt/c1-43(2,3)31-25-26-45-42(27-31)49-38-20-11-10-19-36(38)37-24-23-35(29-41(37)49)48(32-15-8-7-9-16-32)34-18-14-17-33(28-34)46-30-47(44(4,5)6)40-22-13-12-21-39(40)46;/h7-27H,30H2,1-6H3;/q-2;+2. The van der Waals surface area contributed by atoms with Gasteiger partial charge in [0.25, 0.3) is 0 Å². The first-order valence-electron chi connectivity index (χ1n) is 17.0. The zero-order valence-corrected chi connectivity index (χ0v) is 31.7. The normalized spacial score (nSPS) is 13.1. The molecule has 0 N–H and O–H groups in total. The minimum Gasteiger partial charge on any atom is -0.358 e. The van der Waals surface area contributed by atoms with Gasteiger partial charge in [-0.15, -0.1) is 35.7 Å². The molecule has 2 aromatic heterocycles. The van der Waals surface area contributed by atoms with Crippen LogP contribution in [0.15, 0.2) is 128 Å². The summed E-state index contributed by atoms with van der Waals surface area (Å²) in [5.74, 6) is 0.892. The van der Waals surface area contributed by atoms with Crippen molar-refractivity contribution in [3.63, 3.8) is 0 Å². The van der Waals surface area contributed by atoms with Crippen LogP contribution in [0.4, 0.5) is 34.1 Å². The van der Waals surface area contributed by atoms with Crippen molar-refractivity contribution in [2.75, 3.05) is 21.4 Å². The largest absolute Gasteiger partial charge is 2.00 e. The van der Waals surface area contributed by atoms with Gasteiger partial charge < -0.3 is 19.3 Å². The van der Waals surface area contributed by atoms with Crippen LogP contribution in [-0.2, 0) is 26.5 Å². The summed E-state index contributed by atoms with van der Waals surface area (Å²) < 4.78 is 2.26. The summed E-state index contributed by atoms with van der Waals surface area (Å²) in [7, 11) is 0. The first kappa shape index (κ1) is 33.6. The van der Waals surface area contributed by atoms with Crippen LogP contribution in [-0.4, -0.2) is 21.8 Å². The smallest absolute Gasteiger partial charge is 0.358 e. The van der Waals surface area contributed by atoms with E-state index in [9.17, 15) is 0 Å². The van der Waals surface area contributed by atoms with Gasteiger partial charge in [-0.3, -0.25) is 0 Å². The van der Waals surface area contributed by atoms with Gasteiger partial charge >= 0.3 is 21.1 Å². The van der Waals surface area contributed by atoms with E-state index in [2.05, 4.69) is 194 Å². The van der Waals surface area contributed by atoms with Gasteiger partial charge in [0.2, 0.25) is 0 Å². The van der Waals surface area contributed by atoms with Crippen LogP contribution in [0.5, 0.6) is 0 Å². The molecule has 0 unspecified atom stereocenters. The number of nitrogens with zero attached hydrogens (tertiary/aromatic N) is 5. The Morgan fingerprint density at radius 3 is 2.12 bits per heavy atom. The van der Waals surface area contributed by atoms with Crippen LogP contribution in [0, 0.1) is 12.1 Å². The number of pyridine rings is 1. The van der Waals surface area contributed by atoms with E-state index in [0.717, 1.165) is 51.7 Å². The molecule has 50 heavy (non-hydrogen) atoms. The van der Waals surface area contributed by atoms with Crippen molar-refractivity contribution in [2.45, 2.75) is 52.5 Å². The molecule has 8 rings (SSSR count). The summed E-state index contributed by atoms with van der Waals surface area (Å²) in [6.07, 6.45) is 1.92. The molecule has 0 fully saturated rings. The first-order valence-corrected chi connectivity index (χ1v) is 17.0. The summed E-state index contributed by atoms with van der Waals surface area (Å²) in [6, 6.07) is 50.6. The van der Waals surface area contributed by atoms with Crippen molar-refractivity contribution < 1.29 is 21.1 Å². The molecule has 6 heteroatoms. The Hall–Kier alpha value is -4.86. The van der Waals surface area contributed by atoms with E-state index in [1.54, 1.807) is 0 Å². The van der Waals surface area contributed by atoms with Crippen LogP contribution in [0.1, 0.15) is 47.1 Å². The van der Waals surface area contributed by atoms with E-state index >= 15 is 0 Å². The van der Waals surface area contributed by atoms with Gasteiger partial charge in [0.1, 0.15) is 5.82 Å². The summed E-state index contributed by atoms with van der Waals surface area (Å²) in [5, 5.41) is 2.32. The first-order chi connectivity index (χ1) is 23.6. The van der Waals surface area contributed by atoms with E-state index < -0.39 is 0 Å². The second-order valence-corrected chi connectivity index (χ2v) is 14.9. The van der Waals surface area contributed by atoms with E-state index in [1.165, 1.54) is 22.3 Å². The zero-order chi connectivity index (χ0) is 33.9. The van der Waals surface area contributed by atoms with Crippen molar-refractivity contribution in [1.29, 1.82) is 0 Å². The number of aromatic nitrogens is 2. The summed E-state index contributed by atoms with van der Waals surface area (Å²) in [5.41, 5.74) is 9.69. The van der Waals surface area contributed by atoms with Crippen LogP contribution < -0.4 is 14.7 Å². The maximum atomic E-state index is 4.90. The molecule has 7 aromatic rings. The molecule has 0 atom stereocenters. The molecule has 0 saturated heterocycles. The van der Waals surface area contributed by atoms with Gasteiger partial charge in [-0.2, -0.15) is 12.1 Å². The van der Waals surface area contributed by atoms with E-state index in [4.69, 9.17) is 4.98 Å². The maximum absolute atomic E-state index is 4.90. The number of anilines is 6. The Kier molecular flexibility index (Phi) is 8.60. The van der Waals surface area contributed by atoms with E-state index in [0.29, 0.717) is 0 Å². The predicted octanol–water partition coefficient (Wildman–Crippen LogP) is 11.3. The second kappa shape index (κ2) is 12.8. The number of rotatable bonds is 5. The average Bonchev–Trinajstić information content (AvgIpc) is 3.65. The fraction of sp³-hybridized carbons (Fsp3) is 0.205. The monoisotopic (exact) mass is 834 g/mol. The third kappa shape index (κ3) is 5.88. The quantitative estimate of drug-likeness (QED) is 0.162. The number of fused-ring (bicyclic) bond motifs is 4. The molecule has 3 heterocycles. The summed E-state index contributed by atoms with van der Waals surface area (Å²) in [4.78, 5) is 12.0. The molecular weight excluding hydrogens is 794 g/mol. The van der Waals surface area contributed by atoms with Gasteiger partial charge in [0.05, 0.1) is 18.0 Å². The third-order valence-corrected chi connectivity index (χ3v) is 9.52. The van der Waals surface area contributed by atoms with Gasteiger partial charge in [-0.25, -0.2) is 4.98 Å². The SMILES string of the molecule is CC(C)(C)c1ccnc(-n2c3[c-]c(N(c4[c-]c(N5CN(C(C)(C)C)c6ccccc65)ccc4)c4ccccc4)ccc3c3ccccc32)c1.[Pt+2]. The molecule has 0 aliphatic carbocycles.